The average molecular weight is 444 g/mol. The molecule has 0 saturated carbocycles. The van der Waals surface area contributed by atoms with Crippen molar-refractivity contribution in [1.29, 1.82) is 0 Å². The molecule has 0 aliphatic rings. The molecule has 0 bridgehead atoms. The Morgan fingerprint density at radius 3 is 1.00 bits per heavy atom. The fraction of sp³-hybridized carbons (Fsp3) is 0.750. The minimum Gasteiger partial charge on any atom is -0.466 e. The number of hydrogen-bond acceptors (Lipinski definition) is 8. The first-order valence-corrected chi connectivity index (χ1v) is 7.68. The molecule has 0 heterocycles. The van der Waals surface area contributed by atoms with Crippen LogP contribution in [0.25, 0.3) is 0 Å². The van der Waals surface area contributed by atoms with Gasteiger partial charge in [0, 0.05) is 39.4 Å². The number of carbonyl (C=O) groups excluding carboxylic acids is 4. The zero-order valence-electron chi connectivity index (χ0n) is 16.1. The predicted molar refractivity (Wildman–Crippen MR) is 89.4 cm³/mol. The van der Waals surface area contributed by atoms with E-state index in [-0.39, 0.29) is 63.8 Å². The van der Waals surface area contributed by atoms with Crippen molar-refractivity contribution < 1.29 is 65.1 Å². The number of hydrogen-bond donors (Lipinski definition) is 2. The predicted octanol–water partition coefficient (Wildman–Crippen LogP) is 1.05. The van der Waals surface area contributed by atoms with E-state index < -0.39 is 11.9 Å². The van der Waals surface area contributed by atoms with E-state index in [0.29, 0.717) is 13.2 Å². The summed E-state index contributed by atoms with van der Waals surface area (Å²) in [6, 6.07) is 0. The maximum atomic E-state index is 10.4. The van der Waals surface area contributed by atoms with Gasteiger partial charge in [0.2, 0.25) is 0 Å². The molecule has 0 aromatic heterocycles. The summed E-state index contributed by atoms with van der Waals surface area (Å²) in [6.07, 6.45) is -0.207. The molecule has 0 fully saturated rings. The van der Waals surface area contributed by atoms with Gasteiger partial charge in [-0.25, -0.2) is 0 Å². The van der Waals surface area contributed by atoms with Crippen LogP contribution in [0.5, 0.6) is 0 Å². The van der Waals surface area contributed by atoms with Gasteiger partial charge in [-0.3, -0.25) is 19.2 Å². The van der Waals surface area contributed by atoms with Crippen LogP contribution in [0.4, 0.5) is 0 Å². The molecule has 9 heteroatoms. The Hall–Kier alpha value is -0.917. The third kappa shape index (κ3) is 59.9. The monoisotopic (exact) mass is 442 g/mol. The van der Waals surface area contributed by atoms with Crippen LogP contribution in [-0.4, -0.2) is 60.1 Å². The molecule has 0 spiro atoms. The minimum atomic E-state index is -0.440. The van der Waals surface area contributed by atoms with Gasteiger partial charge in [0.05, 0.1) is 13.2 Å². The normalized spacial score (nSPS) is 7.68. The molecule has 0 unspecified atom stereocenters. The third-order valence-electron chi connectivity index (χ3n) is 1.40. The van der Waals surface area contributed by atoms with Gasteiger partial charge >= 0.3 is 11.9 Å². The smallest absolute Gasteiger partial charge is 0.313 e. The fourth-order valence-corrected chi connectivity index (χ4v) is 0.831. The summed E-state index contributed by atoms with van der Waals surface area (Å²) < 4.78 is 8.99. The van der Waals surface area contributed by atoms with E-state index in [2.05, 4.69) is 9.47 Å². The van der Waals surface area contributed by atoms with E-state index >= 15 is 0 Å². The molecule has 148 valence electrons. The van der Waals surface area contributed by atoms with Gasteiger partial charge in [-0.2, -0.15) is 0 Å². The van der Waals surface area contributed by atoms with Gasteiger partial charge in [-0.05, 0) is 41.5 Å². The second-order valence-electron chi connectivity index (χ2n) is 4.00. The number of ketones is 2. The second kappa shape index (κ2) is 30.9. The summed E-state index contributed by atoms with van der Waals surface area (Å²) in [4.78, 5) is 41.3. The summed E-state index contributed by atoms with van der Waals surface area (Å²) in [7, 11) is 0. The van der Waals surface area contributed by atoms with Gasteiger partial charge in [0.1, 0.15) is 24.4 Å². The van der Waals surface area contributed by atoms with Crippen LogP contribution in [0.3, 0.4) is 0 Å². The maximum Gasteiger partial charge on any atom is 0.313 e. The Kier molecular flexibility index (Phi) is 43.6. The Morgan fingerprint density at radius 2 is 0.880 bits per heavy atom. The molecular formula is C16H32O8Zr. The van der Waals surface area contributed by atoms with Crippen molar-refractivity contribution in [3.63, 3.8) is 0 Å². The number of aliphatic hydroxyl groups is 2. The van der Waals surface area contributed by atoms with E-state index in [9.17, 15) is 19.2 Å². The Balaban J connectivity index is -0.0000000788. The molecule has 8 nitrogen and oxygen atoms in total. The first-order valence-electron chi connectivity index (χ1n) is 7.68. The molecule has 0 amide bonds. The van der Waals surface area contributed by atoms with E-state index in [1.807, 2.05) is 0 Å². The van der Waals surface area contributed by atoms with Crippen molar-refractivity contribution in [2.24, 2.45) is 0 Å². The summed E-state index contributed by atoms with van der Waals surface area (Å²) in [6.45, 7) is 10.7. The van der Waals surface area contributed by atoms with E-state index in [0.717, 1.165) is 0 Å². The molecule has 0 atom stereocenters. The van der Waals surface area contributed by atoms with Crippen LogP contribution in [0.15, 0.2) is 0 Å². The van der Waals surface area contributed by atoms with Crippen molar-refractivity contribution in [1.82, 2.24) is 0 Å². The Bertz CT molecular complexity index is 300. The molecule has 0 aromatic carbocycles. The first-order chi connectivity index (χ1) is 11.2. The van der Waals surface area contributed by atoms with Crippen LogP contribution >= 0.6 is 0 Å². The van der Waals surface area contributed by atoms with E-state index in [1.54, 1.807) is 27.7 Å². The van der Waals surface area contributed by atoms with E-state index in [4.69, 9.17) is 10.2 Å². The van der Waals surface area contributed by atoms with Gasteiger partial charge in [-0.1, -0.05) is 0 Å². The van der Waals surface area contributed by atoms with Crippen LogP contribution in [0, 0.1) is 0 Å². The van der Waals surface area contributed by atoms with Crippen LogP contribution < -0.4 is 0 Å². The number of esters is 2. The van der Waals surface area contributed by atoms with Crippen molar-refractivity contribution >= 4 is 23.5 Å². The zero-order chi connectivity index (χ0) is 20.0. The largest absolute Gasteiger partial charge is 0.466 e. The SMILES string of the molecule is CCO.CCO.CCOC(=O)CC(C)=O.CCOC(=O)CC(C)=O.[Zr]. The van der Waals surface area contributed by atoms with Gasteiger partial charge in [0.25, 0.3) is 0 Å². The summed E-state index contributed by atoms with van der Waals surface area (Å²) in [5, 5.41) is 15.1. The number of carbonyl (C=O) groups is 4. The molecule has 0 radical (unpaired) electrons. The van der Waals surface area contributed by atoms with Gasteiger partial charge in [0.15, 0.2) is 0 Å². The number of aliphatic hydroxyl groups excluding tert-OH is 2. The molecule has 0 aliphatic carbocycles. The number of ether oxygens (including phenoxy) is 2. The molecule has 2 N–H and O–H groups in total. The van der Waals surface area contributed by atoms with Crippen molar-refractivity contribution in [3.05, 3.63) is 0 Å². The zero-order valence-corrected chi connectivity index (χ0v) is 18.5. The van der Waals surface area contributed by atoms with Crippen molar-refractivity contribution in [3.8, 4) is 0 Å². The second-order valence-corrected chi connectivity index (χ2v) is 4.00. The van der Waals surface area contributed by atoms with Crippen LogP contribution in [-0.2, 0) is 54.9 Å². The molecular weight excluding hydrogens is 411 g/mol. The Labute approximate surface area is 169 Å². The minimum absolute atomic E-state index is 0. The van der Waals surface area contributed by atoms with Crippen LogP contribution in [0.1, 0.15) is 54.4 Å². The Morgan fingerprint density at radius 1 is 0.680 bits per heavy atom. The maximum absolute atomic E-state index is 10.4. The fourth-order valence-electron chi connectivity index (χ4n) is 0.831. The summed E-state index contributed by atoms with van der Waals surface area (Å²) in [5.41, 5.74) is 0. The van der Waals surface area contributed by atoms with Crippen molar-refractivity contribution in [2.45, 2.75) is 54.4 Å². The molecule has 0 saturated heterocycles. The van der Waals surface area contributed by atoms with Gasteiger partial charge < -0.3 is 19.7 Å². The molecule has 0 aromatic rings. The third-order valence-corrected chi connectivity index (χ3v) is 1.40. The first kappa shape index (κ1) is 35.2. The summed E-state index contributed by atoms with van der Waals surface area (Å²) >= 11 is 0. The molecule has 0 aliphatic heterocycles. The van der Waals surface area contributed by atoms with Crippen molar-refractivity contribution in [2.75, 3.05) is 26.4 Å². The molecule has 0 rings (SSSR count). The number of rotatable bonds is 6. The summed E-state index contributed by atoms with van der Waals surface area (Å²) in [5.74, 6) is -1.20. The molecule has 25 heavy (non-hydrogen) atoms. The average Bonchev–Trinajstić information content (AvgIpc) is 2.39. The van der Waals surface area contributed by atoms with Crippen LogP contribution in [0.2, 0.25) is 0 Å². The quantitative estimate of drug-likeness (QED) is 0.461. The van der Waals surface area contributed by atoms with E-state index in [1.165, 1.54) is 13.8 Å². The number of Topliss-reactive ketones (excluding diaryl/α,β-unsaturated/α-hetero) is 2. The topological polar surface area (TPSA) is 127 Å². The standard InChI is InChI=1S/2C6H10O3.2C2H6O.Zr/c2*1-3-9-6(8)4-5(2)7;2*1-2-3;/h2*3-4H2,1-2H3;2*3H,2H2,1H3;. The van der Waals surface area contributed by atoms with Gasteiger partial charge in [-0.15, -0.1) is 0 Å².